The van der Waals surface area contributed by atoms with Gasteiger partial charge in [-0.2, -0.15) is 0 Å². The van der Waals surface area contributed by atoms with Crippen LogP contribution in [0.3, 0.4) is 0 Å². The molecular formula is C65H42N2. The van der Waals surface area contributed by atoms with Crippen molar-refractivity contribution in [3.05, 3.63) is 277 Å². The molecule has 312 valence electrons. The SMILES string of the molecule is c1ccc(-c2nc(-c3ccc(-c4ccc(-c5c6ccccc6cc6c5ccc5ccccc56)cc4)cc3)cc(-c3cccc4c3-c3ccccc3C4(c3ccccc3)c3ccccc3)n2)cc1. The predicted molar refractivity (Wildman–Crippen MR) is 279 cm³/mol. The van der Waals surface area contributed by atoms with Gasteiger partial charge >= 0.3 is 0 Å². The van der Waals surface area contributed by atoms with Crippen LogP contribution in [-0.2, 0) is 5.41 Å². The molecule has 11 aromatic carbocycles. The van der Waals surface area contributed by atoms with E-state index in [0.717, 1.165) is 39.2 Å². The monoisotopic (exact) mass is 850 g/mol. The Hall–Kier alpha value is -8.72. The smallest absolute Gasteiger partial charge is 0.160 e. The van der Waals surface area contributed by atoms with E-state index < -0.39 is 5.41 Å². The lowest BCUT2D eigenvalue weighted by Crippen LogP contribution is -2.28. The molecule has 0 atom stereocenters. The summed E-state index contributed by atoms with van der Waals surface area (Å²) in [4.78, 5) is 10.6. The highest BCUT2D eigenvalue weighted by Gasteiger charge is 2.46. The maximum atomic E-state index is 5.38. The molecule has 0 fully saturated rings. The molecule has 1 aliphatic rings. The summed E-state index contributed by atoms with van der Waals surface area (Å²) in [5.41, 5.74) is 16.6. The van der Waals surface area contributed by atoms with E-state index in [1.54, 1.807) is 0 Å². The molecule has 0 amide bonds. The minimum absolute atomic E-state index is 0.506. The van der Waals surface area contributed by atoms with Crippen LogP contribution in [0.5, 0.6) is 0 Å². The zero-order valence-corrected chi connectivity index (χ0v) is 36.6. The third kappa shape index (κ3) is 6.26. The predicted octanol–water partition coefficient (Wildman–Crippen LogP) is 16.6. The van der Waals surface area contributed by atoms with Gasteiger partial charge in [0.1, 0.15) is 0 Å². The first-order valence-corrected chi connectivity index (χ1v) is 23.1. The lowest BCUT2D eigenvalue weighted by atomic mass is 9.67. The van der Waals surface area contributed by atoms with Crippen molar-refractivity contribution < 1.29 is 0 Å². The van der Waals surface area contributed by atoms with Gasteiger partial charge in [0, 0.05) is 16.7 Å². The molecule has 0 aliphatic heterocycles. The van der Waals surface area contributed by atoms with Crippen LogP contribution in [0.25, 0.3) is 99.6 Å². The molecule has 2 heteroatoms. The summed E-state index contributed by atoms with van der Waals surface area (Å²) >= 11 is 0. The fourth-order valence-electron chi connectivity index (χ4n) is 11.0. The van der Waals surface area contributed by atoms with Gasteiger partial charge in [0.2, 0.25) is 0 Å². The zero-order chi connectivity index (χ0) is 44.3. The maximum absolute atomic E-state index is 5.38. The van der Waals surface area contributed by atoms with E-state index in [4.69, 9.17) is 9.97 Å². The first kappa shape index (κ1) is 38.7. The lowest BCUT2D eigenvalue weighted by molar-refractivity contribution is 0.768. The Kier molecular flexibility index (Phi) is 9.11. The topological polar surface area (TPSA) is 25.8 Å². The summed E-state index contributed by atoms with van der Waals surface area (Å²) in [5.74, 6) is 0.697. The minimum atomic E-state index is -0.506. The van der Waals surface area contributed by atoms with Crippen LogP contribution in [-0.4, -0.2) is 9.97 Å². The van der Waals surface area contributed by atoms with E-state index in [9.17, 15) is 0 Å². The van der Waals surface area contributed by atoms with Gasteiger partial charge in [-0.1, -0.05) is 243 Å². The van der Waals surface area contributed by atoms with E-state index in [0.29, 0.717) is 5.82 Å². The van der Waals surface area contributed by atoms with E-state index in [1.807, 2.05) is 6.07 Å². The molecule has 1 aliphatic carbocycles. The average Bonchev–Trinajstić information content (AvgIpc) is 3.72. The highest BCUT2D eigenvalue weighted by Crippen LogP contribution is 2.58. The molecule has 0 N–H and O–H groups in total. The largest absolute Gasteiger partial charge is 0.228 e. The fourth-order valence-corrected chi connectivity index (χ4v) is 11.0. The Labute approximate surface area is 390 Å². The van der Waals surface area contributed by atoms with Crippen LogP contribution >= 0.6 is 0 Å². The lowest BCUT2D eigenvalue weighted by Gasteiger charge is -2.33. The second-order valence-corrected chi connectivity index (χ2v) is 17.6. The summed E-state index contributed by atoms with van der Waals surface area (Å²) in [7, 11) is 0. The number of benzene rings is 11. The summed E-state index contributed by atoms with van der Waals surface area (Å²) in [6, 6.07) is 92.4. The second-order valence-electron chi connectivity index (χ2n) is 17.6. The van der Waals surface area contributed by atoms with Gasteiger partial charge in [-0.15, -0.1) is 0 Å². The first-order valence-electron chi connectivity index (χ1n) is 23.1. The summed E-state index contributed by atoms with van der Waals surface area (Å²) in [5, 5.41) is 7.60. The average molecular weight is 851 g/mol. The van der Waals surface area contributed by atoms with E-state index in [1.165, 1.54) is 76.8 Å². The third-order valence-corrected chi connectivity index (χ3v) is 14.0. The minimum Gasteiger partial charge on any atom is -0.228 e. The number of aromatic nitrogens is 2. The highest BCUT2D eigenvalue weighted by atomic mass is 14.9. The Morgan fingerprint density at radius 2 is 0.806 bits per heavy atom. The summed E-state index contributed by atoms with van der Waals surface area (Å²) in [6.07, 6.45) is 0. The van der Waals surface area contributed by atoms with Crippen LogP contribution in [0.4, 0.5) is 0 Å². The Balaban J connectivity index is 0.918. The molecular weight excluding hydrogens is 809 g/mol. The number of hydrogen-bond donors (Lipinski definition) is 0. The van der Waals surface area contributed by atoms with Gasteiger partial charge in [0.05, 0.1) is 16.8 Å². The molecule has 0 bridgehead atoms. The molecule has 67 heavy (non-hydrogen) atoms. The molecule has 1 heterocycles. The molecule has 1 aromatic heterocycles. The Morgan fingerprint density at radius 1 is 0.269 bits per heavy atom. The van der Waals surface area contributed by atoms with Crippen molar-refractivity contribution in [1.29, 1.82) is 0 Å². The van der Waals surface area contributed by atoms with Gasteiger partial charge in [-0.3, -0.25) is 0 Å². The van der Waals surface area contributed by atoms with Crippen molar-refractivity contribution in [3.8, 4) is 67.3 Å². The van der Waals surface area contributed by atoms with Crippen LogP contribution in [0.2, 0.25) is 0 Å². The van der Waals surface area contributed by atoms with Crippen LogP contribution in [0, 0.1) is 0 Å². The van der Waals surface area contributed by atoms with Crippen molar-refractivity contribution in [2.24, 2.45) is 0 Å². The van der Waals surface area contributed by atoms with Gasteiger partial charge < -0.3 is 0 Å². The number of fused-ring (bicyclic) bond motifs is 7. The third-order valence-electron chi connectivity index (χ3n) is 14.0. The number of hydrogen-bond acceptors (Lipinski definition) is 2. The van der Waals surface area contributed by atoms with Gasteiger partial charge in [0.15, 0.2) is 5.82 Å². The molecule has 12 aromatic rings. The molecule has 0 spiro atoms. The normalized spacial score (nSPS) is 12.6. The molecule has 2 nitrogen and oxygen atoms in total. The first-order chi connectivity index (χ1) is 33.2. The molecule has 0 radical (unpaired) electrons. The van der Waals surface area contributed by atoms with Gasteiger partial charge in [-0.05, 0) is 100 Å². The van der Waals surface area contributed by atoms with Crippen molar-refractivity contribution in [2.75, 3.05) is 0 Å². The summed E-state index contributed by atoms with van der Waals surface area (Å²) in [6.45, 7) is 0. The highest BCUT2D eigenvalue weighted by molar-refractivity contribution is 6.20. The second kappa shape index (κ2) is 15.8. The van der Waals surface area contributed by atoms with E-state index >= 15 is 0 Å². The van der Waals surface area contributed by atoms with E-state index in [-0.39, 0.29) is 0 Å². The zero-order valence-electron chi connectivity index (χ0n) is 36.6. The fraction of sp³-hybridized carbons (Fsp3) is 0.0154. The molecule has 13 rings (SSSR count). The molecule has 0 saturated heterocycles. The van der Waals surface area contributed by atoms with E-state index in [2.05, 4.69) is 249 Å². The Bertz CT molecular complexity index is 3780. The Morgan fingerprint density at radius 3 is 1.52 bits per heavy atom. The number of rotatable bonds is 7. The van der Waals surface area contributed by atoms with Gasteiger partial charge in [0.25, 0.3) is 0 Å². The molecule has 0 saturated carbocycles. The van der Waals surface area contributed by atoms with Crippen molar-refractivity contribution in [2.45, 2.75) is 5.41 Å². The number of nitrogens with zero attached hydrogens (tertiary/aromatic N) is 2. The van der Waals surface area contributed by atoms with Crippen molar-refractivity contribution in [1.82, 2.24) is 9.97 Å². The van der Waals surface area contributed by atoms with Crippen molar-refractivity contribution >= 4 is 32.3 Å². The summed E-state index contributed by atoms with van der Waals surface area (Å²) < 4.78 is 0. The van der Waals surface area contributed by atoms with Crippen LogP contribution < -0.4 is 0 Å². The van der Waals surface area contributed by atoms with Gasteiger partial charge in [-0.25, -0.2) is 9.97 Å². The molecule has 0 unspecified atom stereocenters. The van der Waals surface area contributed by atoms with Crippen molar-refractivity contribution in [3.63, 3.8) is 0 Å². The van der Waals surface area contributed by atoms with Crippen LogP contribution in [0.1, 0.15) is 22.3 Å². The maximum Gasteiger partial charge on any atom is 0.160 e. The van der Waals surface area contributed by atoms with Crippen LogP contribution in [0.15, 0.2) is 255 Å². The standard InChI is InChI=1S/C65H42N2/c1-4-18-48(19-5-1)64-66-60(42-61(67-64)56-28-16-30-59-63(56)55-27-14-15-29-58(55)65(59,50-21-6-2-7-22-50)51-23-8-3-9-24-51)46-35-31-43(32-36-46)44-33-37-47(38-34-44)62-53-26-13-11-20-49(53)41-57-52-25-12-10-17-45(52)39-40-54(57)62/h1-42H. The quantitative estimate of drug-likeness (QED) is 0.118.